The van der Waals surface area contributed by atoms with Gasteiger partial charge in [0, 0.05) is 13.0 Å². The first-order chi connectivity index (χ1) is 8.99. The SMILES string of the molecule is N=CCCCN.O=C(O)CC(O)C(=O)OCCCO. The lowest BCUT2D eigenvalue weighted by molar-refractivity contribution is -0.158. The molecule has 8 nitrogen and oxygen atoms in total. The minimum atomic E-state index is -1.63. The summed E-state index contributed by atoms with van der Waals surface area (Å²) in [7, 11) is 0. The Hall–Kier alpha value is -1.51. The Morgan fingerprint density at radius 1 is 1.37 bits per heavy atom. The molecule has 0 bridgehead atoms. The number of unbranched alkanes of at least 4 members (excludes halogenated alkanes) is 1. The fourth-order valence-electron chi connectivity index (χ4n) is 0.802. The summed E-state index contributed by atoms with van der Waals surface area (Å²) in [5.74, 6) is -2.25. The predicted molar refractivity (Wildman–Crippen MR) is 68.0 cm³/mol. The van der Waals surface area contributed by atoms with Crippen molar-refractivity contribution in [2.75, 3.05) is 19.8 Å². The van der Waals surface area contributed by atoms with Gasteiger partial charge in [-0.15, -0.1) is 0 Å². The number of carboxylic acids is 1. The van der Waals surface area contributed by atoms with Gasteiger partial charge in [-0.2, -0.15) is 0 Å². The monoisotopic (exact) mass is 278 g/mol. The summed E-state index contributed by atoms with van der Waals surface area (Å²) in [6, 6.07) is 0. The van der Waals surface area contributed by atoms with Crippen LogP contribution in [0.1, 0.15) is 25.7 Å². The van der Waals surface area contributed by atoms with E-state index in [9.17, 15) is 9.59 Å². The molecule has 8 heteroatoms. The topological polar surface area (TPSA) is 154 Å². The van der Waals surface area contributed by atoms with Crippen LogP contribution >= 0.6 is 0 Å². The first kappa shape index (κ1) is 19.8. The maximum atomic E-state index is 10.7. The summed E-state index contributed by atoms with van der Waals surface area (Å²) in [4.78, 5) is 20.8. The average Bonchev–Trinajstić information content (AvgIpc) is 2.36. The highest BCUT2D eigenvalue weighted by Crippen LogP contribution is 1.95. The Balaban J connectivity index is 0. The van der Waals surface area contributed by atoms with Gasteiger partial charge in [-0.25, -0.2) is 4.79 Å². The number of aliphatic hydroxyl groups excluding tert-OH is 2. The van der Waals surface area contributed by atoms with E-state index in [1.54, 1.807) is 0 Å². The van der Waals surface area contributed by atoms with Crippen molar-refractivity contribution in [2.45, 2.75) is 31.8 Å². The van der Waals surface area contributed by atoms with E-state index in [1.165, 1.54) is 6.21 Å². The van der Waals surface area contributed by atoms with Gasteiger partial charge < -0.3 is 31.2 Å². The summed E-state index contributed by atoms with van der Waals surface area (Å²) in [5, 5.41) is 31.9. The molecule has 0 aliphatic heterocycles. The molecule has 0 aromatic rings. The molecule has 0 amide bonds. The maximum absolute atomic E-state index is 10.7. The molecule has 0 rings (SSSR count). The zero-order valence-corrected chi connectivity index (χ0v) is 10.7. The van der Waals surface area contributed by atoms with Crippen LogP contribution in [0.3, 0.4) is 0 Å². The van der Waals surface area contributed by atoms with Gasteiger partial charge >= 0.3 is 11.9 Å². The number of aliphatic carboxylic acids is 1. The zero-order chi connectivity index (χ0) is 15.1. The van der Waals surface area contributed by atoms with Crippen LogP contribution < -0.4 is 5.73 Å². The van der Waals surface area contributed by atoms with Gasteiger partial charge in [0.05, 0.1) is 13.0 Å². The summed E-state index contributed by atoms with van der Waals surface area (Å²) in [6.07, 6.45) is 1.13. The quantitative estimate of drug-likeness (QED) is 0.208. The van der Waals surface area contributed by atoms with Crippen molar-refractivity contribution in [1.29, 1.82) is 5.41 Å². The van der Waals surface area contributed by atoms with Gasteiger partial charge in [-0.1, -0.05) is 0 Å². The number of hydrogen-bond acceptors (Lipinski definition) is 7. The Bertz CT molecular complexity index is 260. The number of carbonyl (C=O) groups excluding carboxylic acids is 1. The van der Waals surface area contributed by atoms with Crippen molar-refractivity contribution in [3.05, 3.63) is 0 Å². The summed E-state index contributed by atoms with van der Waals surface area (Å²) >= 11 is 0. The molecule has 0 aliphatic rings. The van der Waals surface area contributed by atoms with Crippen LogP contribution in [-0.4, -0.2) is 59.3 Å². The lowest BCUT2D eigenvalue weighted by Crippen LogP contribution is -2.26. The van der Waals surface area contributed by atoms with Crippen LogP contribution in [0, 0.1) is 5.41 Å². The highest BCUT2D eigenvalue weighted by molar-refractivity contribution is 5.80. The molecular formula is C11H22N2O6. The molecule has 0 spiro atoms. The van der Waals surface area contributed by atoms with Gasteiger partial charge in [-0.05, 0) is 25.6 Å². The van der Waals surface area contributed by atoms with Crippen molar-refractivity contribution in [2.24, 2.45) is 5.73 Å². The number of aliphatic hydroxyl groups is 2. The number of esters is 1. The minimum Gasteiger partial charge on any atom is -0.481 e. The second-order valence-electron chi connectivity index (χ2n) is 3.49. The van der Waals surface area contributed by atoms with Crippen LogP contribution in [0.5, 0.6) is 0 Å². The third kappa shape index (κ3) is 16.5. The van der Waals surface area contributed by atoms with Crippen LogP contribution in [0.2, 0.25) is 0 Å². The number of nitrogens with two attached hydrogens (primary N) is 1. The molecule has 0 aromatic heterocycles. The van der Waals surface area contributed by atoms with Crippen LogP contribution in [-0.2, 0) is 14.3 Å². The standard InChI is InChI=1S/C7H12O6.C4H10N2/c8-2-1-3-13-7(12)5(9)4-6(10)11;5-3-1-2-4-6/h5,8-9H,1-4H2,(H,10,11);3,5H,1-2,4,6H2. The third-order valence-corrected chi connectivity index (χ3v) is 1.74. The van der Waals surface area contributed by atoms with Crippen molar-refractivity contribution in [1.82, 2.24) is 0 Å². The molecule has 112 valence electrons. The van der Waals surface area contributed by atoms with Crippen molar-refractivity contribution in [3.63, 3.8) is 0 Å². The Labute approximate surface area is 111 Å². The fraction of sp³-hybridized carbons (Fsp3) is 0.727. The normalized spacial score (nSPS) is 10.9. The van der Waals surface area contributed by atoms with E-state index in [4.69, 9.17) is 26.5 Å². The summed E-state index contributed by atoms with van der Waals surface area (Å²) in [6.45, 7) is 0.559. The Morgan fingerprint density at radius 3 is 2.37 bits per heavy atom. The van der Waals surface area contributed by atoms with Crippen molar-refractivity contribution in [3.8, 4) is 0 Å². The molecule has 0 heterocycles. The molecule has 0 saturated carbocycles. The third-order valence-electron chi connectivity index (χ3n) is 1.74. The first-order valence-electron chi connectivity index (χ1n) is 5.85. The van der Waals surface area contributed by atoms with E-state index in [0.717, 1.165) is 12.8 Å². The molecule has 6 N–H and O–H groups in total. The zero-order valence-electron chi connectivity index (χ0n) is 10.7. The predicted octanol–water partition coefficient (Wildman–Crippen LogP) is -0.878. The highest BCUT2D eigenvalue weighted by atomic mass is 16.5. The van der Waals surface area contributed by atoms with Crippen LogP contribution in [0.25, 0.3) is 0 Å². The number of hydrogen-bond donors (Lipinski definition) is 5. The highest BCUT2D eigenvalue weighted by Gasteiger charge is 2.19. The van der Waals surface area contributed by atoms with Crippen LogP contribution in [0.15, 0.2) is 0 Å². The molecule has 0 saturated heterocycles. The van der Waals surface area contributed by atoms with E-state index in [0.29, 0.717) is 6.54 Å². The van der Waals surface area contributed by atoms with Gasteiger partial charge in [0.1, 0.15) is 0 Å². The number of rotatable bonds is 9. The van der Waals surface area contributed by atoms with Gasteiger partial charge in [0.2, 0.25) is 0 Å². The summed E-state index contributed by atoms with van der Waals surface area (Å²) in [5.41, 5.74) is 5.11. The lowest BCUT2D eigenvalue weighted by Gasteiger charge is -2.07. The Morgan fingerprint density at radius 2 is 2.00 bits per heavy atom. The van der Waals surface area contributed by atoms with E-state index in [2.05, 4.69) is 4.74 Å². The molecule has 1 atom stereocenters. The molecule has 1 unspecified atom stereocenters. The van der Waals surface area contributed by atoms with E-state index in [-0.39, 0.29) is 19.6 Å². The van der Waals surface area contributed by atoms with Gasteiger partial charge in [0.25, 0.3) is 0 Å². The van der Waals surface area contributed by atoms with Gasteiger partial charge in [-0.3, -0.25) is 4.79 Å². The smallest absolute Gasteiger partial charge is 0.335 e. The minimum absolute atomic E-state index is 0.0218. The molecule has 0 aromatic carbocycles. The van der Waals surface area contributed by atoms with E-state index in [1.807, 2.05) is 0 Å². The lowest BCUT2D eigenvalue weighted by atomic mass is 10.2. The van der Waals surface area contributed by atoms with Crippen molar-refractivity contribution >= 4 is 18.2 Å². The molecule has 0 fully saturated rings. The van der Waals surface area contributed by atoms with Crippen molar-refractivity contribution < 1.29 is 29.6 Å². The number of nitrogens with one attached hydrogen (secondary N) is 1. The van der Waals surface area contributed by atoms with Gasteiger partial charge in [0.15, 0.2) is 6.10 Å². The Kier molecular flexibility index (Phi) is 15.2. The molecule has 19 heavy (non-hydrogen) atoms. The van der Waals surface area contributed by atoms with E-state index < -0.39 is 24.5 Å². The second kappa shape index (κ2) is 14.6. The number of ether oxygens (including phenoxy) is 1. The average molecular weight is 278 g/mol. The molecule has 0 aliphatic carbocycles. The largest absolute Gasteiger partial charge is 0.481 e. The number of carbonyl (C=O) groups is 2. The maximum Gasteiger partial charge on any atom is 0.335 e. The fourth-order valence-corrected chi connectivity index (χ4v) is 0.802. The second-order valence-corrected chi connectivity index (χ2v) is 3.49. The first-order valence-corrected chi connectivity index (χ1v) is 5.85. The molecular weight excluding hydrogens is 256 g/mol. The number of carboxylic acid groups (broad SMARTS) is 1. The molecule has 0 radical (unpaired) electrons. The van der Waals surface area contributed by atoms with Crippen LogP contribution in [0.4, 0.5) is 0 Å². The van der Waals surface area contributed by atoms with E-state index >= 15 is 0 Å². The summed E-state index contributed by atoms with van der Waals surface area (Å²) < 4.78 is 4.43.